The zero-order valence-electron chi connectivity index (χ0n) is 8.78. The van der Waals surface area contributed by atoms with Gasteiger partial charge in [0.1, 0.15) is 5.82 Å². The van der Waals surface area contributed by atoms with E-state index in [1.807, 2.05) is 13.8 Å². The Kier molecular flexibility index (Phi) is 2.36. The van der Waals surface area contributed by atoms with Gasteiger partial charge in [0.05, 0.1) is 5.56 Å². The molecule has 86 valence electrons. The molecule has 2 heterocycles. The fourth-order valence-corrected chi connectivity index (χ4v) is 1.48. The second-order valence-corrected chi connectivity index (χ2v) is 3.85. The van der Waals surface area contributed by atoms with Crippen molar-refractivity contribution >= 4 is 5.65 Å². The van der Waals surface area contributed by atoms with Crippen LogP contribution in [-0.2, 0) is 6.18 Å². The van der Waals surface area contributed by atoms with Crippen LogP contribution in [0.5, 0.6) is 0 Å². The van der Waals surface area contributed by atoms with Crippen molar-refractivity contribution in [2.24, 2.45) is 0 Å². The maximum atomic E-state index is 12.4. The lowest BCUT2D eigenvalue weighted by Gasteiger charge is -2.07. The molecule has 0 unspecified atom stereocenters. The van der Waals surface area contributed by atoms with Crippen LogP contribution in [0.2, 0.25) is 0 Å². The molecule has 0 atom stereocenters. The molecular weight excluding hydrogens is 219 g/mol. The van der Waals surface area contributed by atoms with E-state index in [4.69, 9.17) is 0 Å². The van der Waals surface area contributed by atoms with Gasteiger partial charge in [-0.05, 0) is 12.1 Å². The van der Waals surface area contributed by atoms with Gasteiger partial charge in [0.2, 0.25) is 0 Å². The number of aromatic nitrogens is 3. The number of hydrogen-bond acceptors (Lipinski definition) is 2. The SMILES string of the molecule is CC(C)c1nnc2cc(C(F)(F)F)ccn12. The minimum absolute atomic E-state index is 0.117. The zero-order valence-corrected chi connectivity index (χ0v) is 8.78. The Balaban J connectivity index is 2.58. The minimum atomic E-state index is -4.34. The van der Waals surface area contributed by atoms with Gasteiger partial charge in [-0.2, -0.15) is 13.2 Å². The Labute approximate surface area is 89.9 Å². The fraction of sp³-hybridized carbons (Fsp3) is 0.400. The van der Waals surface area contributed by atoms with Crippen molar-refractivity contribution in [2.75, 3.05) is 0 Å². The van der Waals surface area contributed by atoms with Crippen molar-refractivity contribution in [1.29, 1.82) is 0 Å². The quantitative estimate of drug-likeness (QED) is 0.752. The number of hydrogen-bond donors (Lipinski definition) is 0. The van der Waals surface area contributed by atoms with Gasteiger partial charge in [0.25, 0.3) is 0 Å². The topological polar surface area (TPSA) is 30.2 Å². The Hall–Kier alpha value is -1.59. The molecule has 16 heavy (non-hydrogen) atoms. The lowest BCUT2D eigenvalue weighted by Crippen LogP contribution is -2.06. The summed E-state index contributed by atoms with van der Waals surface area (Å²) < 4.78 is 38.8. The van der Waals surface area contributed by atoms with Crippen molar-refractivity contribution < 1.29 is 13.2 Å². The van der Waals surface area contributed by atoms with E-state index >= 15 is 0 Å². The highest BCUT2D eigenvalue weighted by Gasteiger charge is 2.31. The Morgan fingerprint density at radius 1 is 1.25 bits per heavy atom. The molecule has 2 rings (SSSR count). The lowest BCUT2D eigenvalue weighted by molar-refractivity contribution is -0.137. The molecule has 2 aromatic heterocycles. The van der Waals surface area contributed by atoms with Crippen molar-refractivity contribution in [3.63, 3.8) is 0 Å². The Morgan fingerprint density at radius 2 is 1.94 bits per heavy atom. The van der Waals surface area contributed by atoms with E-state index in [1.54, 1.807) is 4.40 Å². The third-order valence-corrected chi connectivity index (χ3v) is 2.28. The van der Waals surface area contributed by atoms with E-state index in [0.29, 0.717) is 5.82 Å². The first-order valence-corrected chi connectivity index (χ1v) is 4.81. The number of halogens is 3. The van der Waals surface area contributed by atoms with Crippen LogP contribution in [0, 0.1) is 0 Å². The predicted octanol–water partition coefficient (Wildman–Crippen LogP) is 2.87. The molecule has 0 fully saturated rings. The van der Waals surface area contributed by atoms with Crippen molar-refractivity contribution in [2.45, 2.75) is 25.9 Å². The molecule has 0 amide bonds. The highest BCUT2D eigenvalue weighted by Crippen LogP contribution is 2.29. The maximum Gasteiger partial charge on any atom is 0.416 e. The second kappa shape index (κ2) is 3.47. The van der Waals surface area contributed by atoms with Crippen LogP contribution >= 0.6 is 0 Å². The predicted molar refractivity (Wildman–Crippen MR) is 52.1 cm³/mol. The summed E-state index contributed by atoms with van der Waals surface area (Å²) >= 11 is 0. The smallest absolute Gasteiger partial charge is 0.286 e. The highest BCUT2D eigenvalue weighted by molar-refractivity contribution is 5.42. The monoisotopic (exact) mass is 229 g/mol. The summed E-state index contributed by atoms with van der Waals surface area (Å²) in [5.74, 6) is 0.774. The van der Waals surface area contributed by atoms with Gasteiger partial charge in [-0.3, -0.25) is 4.40 Å². The molecule has 6 heteroatoms. The molecule has 0 aliphatic rings. The maximum absolute atomic E-state index is 12.4. The summed E-state index contributed by atoms with van der Waals surface area (Å²) in [7, 11) is 0. The molecule has 0 aliphatic heterocycles. The lowest BCUT2D eigenvalue weighted by atomic mass is 10.2. The number of rotatable bonds is 1. The zero-order chi connectivity index (χ0) is 11.9. The first kappa shape index (κ1) is 10.9. The van der Waals surface area contributed by atoms with Crippen LogP contribution in [0.25, 0.3) is 5.65 Å². The molecule has 0 bridgehead atoms. The number of alkyl halides is 3. The minimum Gasteiger partial charge on any atom is -0.286 e. The fourth-order valence-electron chi connectivity index (χ4n) is 1.48. The van der Waals surface area contributed by atoms with Gasteiger partial charge in [-0.1, -0.05) is 13.8 Å². The van der Waals surface area contributed by atoms with E-state index in [1.165, 1.54) is 6.20 Å². The normalized spacial score (nSPS) is 12.6. The van der Waals surface area contributed by atoms with E-state index in [9.17, 15) is 13.2 Å². The van der Waals surface area contributed by atoms with Crippen molar-refractivity contribution in [3.05, 3.63) is 29.7 Å². The highest BCUT2D eigenvalue weighted by atomic mass is 19.4. The van der Waals surface area contributed by atoms with Crippen molar-refractivity contribution in [1.82, 2.24) is 14.6 Å². The molecule has 0 radical (unpaired) electrons. The number of fused-ring (bicyclic) bond motifs is 1. The summed E-state index contributed by atoms with van der Waals surface area (Å²) in [6.07, 6.45) is -2.99. The summed E-state index contributed by atoms with van der Waals surface area (Å²) in [5.41, 5.74) is -0.485. The molecule has 0 saturated heterocycles. The summed E-state index contributed by atoms with van der Waals surface area (Å²) in [6.45, 7) is 3.82. The third-order valence-electron chi connectivity index (χ3n) is 2.28. The van der Waals surface area contributed by atoms with Crippen LogP contribution in [-0.4, -0.2) is 14.6 Å². The summed E-state index contributed by atoms with van der Waals surface area (Å²) in [6, 6.07) is 2.03. The first-order chi connectivity index (χ1) is 7.39. The van der Waals surface area contributed by atoms with Crippen molar-refractivity contribution in [3.8, 4) is 0 Å². The van der Waals surface area contributed by atoms with Crippen LogP contribution in [0.3, 0.4) is 0 Å². The average Bonchev–Trinajstić information content (AvgIpc) is 2.58. The van der Waals surface area contributed by atoms with Crippen LogP contribution < -0.4 is 0 Å². The second-order valence-electron chi connectivity index (χ2n) is 3.85. The Bertz CT molecular complexity index is 513. The molecule has 0 aliphatic carbocycles. The summed E-state index contributed by atoms with van der Waals surface area (Å²) in [5, 5.41) is 7.59. The van der Waals surface area contributed by atoms with E-state index < -0.39 is 11.7 Å². The van der Waals surface area contributed by atoms with Gasteiger partial charge >= 0.3 is 6.18 Å². The van der Waals surface area contributed by atoms with Gasteiger partial charge in [-0.25, -0.2) is 0 Å². The first-order valence-electron chi connectivity index (χ1n) is 4.81. The van der Waals surface area contributed by atoms with Crippen LogP contribution in [0.15, 0.2) is 18.3 Å². The molecule has 0 spiro atoms. The molecule has 0 N–H and O–H groups in total. The number of pyridine rings is 1. The van der Waals surface area contributed by atoms with Gasteiger partial charge in [0, 0.05) is 12.1 Å². The van der Waals surface area contributed by atoms with E-state index in [0.717, 1.165) is 12.1 Å². The standard InChI is InChI=1S/C10H10F3N3/c1-6(2)9-15-14-8-5-7(10(11,12)13)3-4-16(8)9/h3-6H,1-2H3. The molecule has 2 aromatic rings. The average molecular weight is 229 g/mol. The van der Waals surface area contributed by atoms with E-state index in [2.05, 4.69) is 10.2 Å². The number of nitrogens with zero attached hydrogens (tertiary/aromatic N) is 3. The molecule has 3 nitrogen and oxygen atoms in total. The third kappa shape index (κ3) is 1.75. The Morgan fingerprint density at radius 3 is 2.50 bits per heavy atom. The molecule has 0 aromatic carbocycles. The molecule has 0 saturated carbocycles. The van der Waals surface area contributed by atoms with Crippen LogP contribution in [0.1, 0.15) is 31.2 Å². The summed E-state index contributed by atoms with van der Waals surface area (Å²) in [4.78, 5) is 0. The molecular formula is C10H10F3N3. The van der Waals surface area contributed by atoms with Gasteiger partial charge in [0.15, 0.2) is 5.65 Å². The van der Waals surface area contributed by atoms with Gasteiger partial charge in [-0.15, -0.1) is 10.2 Å². The van der Waals surface area contributed by atoms with Crippen LogP contribution in [0.4, 0.5) is 13.2 Å². The van der Waals surface area contributed by atoms with E-state index in [-0.39, 0.29) is 11.6 Å². The largest absolute Gasteiger partial charge is 0.416 e. The van der Waals surface area contributed by atoms with Gasteiger partial charge < -0.3 is 0 Å².